The first-order valence-corrected chi connectivity index (χ1v) is 10.3. The first-order valence-electron chi connectivity index (χ1n) is 9.17. The van der Waals surface area contributed by atoms with Crippen molar-refractivity contribution >= 4 is 11.4 Å². The van der Waals surface area contributed by atoms with Crippen molar-refractivity contribution < 1.29 is 13.3 Å². The Morgan fingerprint density at radius 1 is 1.19 bits per heavy atom. The van der Waals surface area contributed by atoms with Gasteiger partial charge in [-0.05, 0) is 63.1 Å². The summed E-state index contributed by atoms with van der Waals surface area (Å²) in [5.74, 6) is -2.19. The lowest BCUT2D eigenvalue weighted by Crippen LogP contribution is -2.50. The Kier molecular flexibility index (Phi) is 5.35. The van der Waals surface area contributed by atoms with Crippen molar-refractivity contribution in [2.75, 3.05) is 6.54 Å². The highest BCUT2D eigenvalue weighted by molar-refractivity contribution is 7.90. The van der Waals surface area contributed by atoms with E-state index in [1.165, 1.54) is 0 Å². The lowest BCUT2D eigenvalue weighted by Gasteiger charge is -2.47. The summed E-state index contributed by atoms with van der Waals surface area (Å²) in [6.07, 6.45) is 1.53. The molecule has 2 aliphatic rings. The number of piperidine rings is 1. The third kappa shape index (κ3) is 4.05. The van der Waals surface area contributed by atoms with Gasteiger partial charge in [0, 0.05) is 30.7 Å². The van der Waals surface area contributed by atoms with Crippen molar-refractivity contribution in [1.29, 1.82) is 5.26 Å². The number of hydrogen-bond acceptors (Lipinski definition) is 3. The summed E-state index contributed by atoms with van der Waals surface area (Å²) in [5.41, 5.74) is 1.60. The SMILES string of the molecule is CC(C)(C)[S+]([O-])N1CCC(C2CC(F)(F)C2)CC1c1ccc(C#N)cc1. The van der Waals surface area contributed by atoms with Gasteiger partial charge in [-0.3, -0.25) is 0 Å². The van der Waals surface area contributed by atoms with Crippen molar-refractivity contribution in [2.45, 2.75) is 63.2 Å². The number of hydrogen-bond donors (Lipinski definition) is 0. The van der Waals surface area contributed by atoms with Gasteiger partial charge in [0.1, 0.15) is 4.75 Å². The van der Waals surface area contributed by atoms with E-state index in [1.807, 2.05) is 37.2 Å². The molecule has 3 rings (SSSR count). The Hall–Kier alpha value is -1.16. The highest BCUT2D eigenvalue weighted by Crippen LogP contribution is 2.51. The number of benzene rings is 1. The summed E-state index contributed by atoms with van der Waals surface area (Å²) in [5, 5.41) is 9.01. The minimum absolute atomic E-state index is 0.0138. The maximum atomic E-state index is 13.3. The molecule has 142 valence electrons. The van der Waals surface area contributed by atoms with Gasteiger partial charge in [-0.1, -0.05) is 12.1 Å². The molecule has 0 radical (unpaired) electrons. The fourth-order valence-electron chi connectivity index (χ4n) is 4.07. The molecule has 1 aromatic carbocycles. The van der Waals surface area contributed by atoms with Gasteiger partial charge in [-0.2, -0.15) is 5.26 Å². The molecule has 0 N–H and O–H groups in total. The van der Waals surface area contributed by atoms with Crippen LogP contribution in [0.3, 0.4) is 0 Å². The molecule has 0 aromatic heterocycles. The zero-order valence-corrected chi connectivity index (χ0v) is 16.4. The quantitative estimate of drug-likeness (QED) is 0.707. The zero-order valence-electron chi connectivity index (χ0n) is 15.5. The van der Waals surface area contributed by atoms with Crippen LogP contribution < -0.4 is 0 Å². The molecular formula is C20H26F2N2OS. The van der Waals surface area contributed by atoms with Crippen LogP contribution in [-0.2, 0) is 11.4 Å². The van der Waals surface area contributed by atoms with E-state index in [9.17, 15) is 13.3 Å². The van der Waals surface area contributed by atoms with Gasteiger partial charge in [0.2, 0.25) is 5.92 Å². The number of nitrogens with zero attached hydrogens (tertiary/aromatic N) is 2. The van der Waals surface area contributed by atoms with E-state index in [2.05, 4.69) is 6.07 Å². The van der Waals surface area contributed by atoms with Crippen LogP contribution in [0, 0.1) is 23.2 Å². The molecule has 6 heteroatoms. The minimum atomic E-state index is -2.50. The second kappa shape index (κ2) is 7.10. The van der Waals surface area contributed by atoms with Crippen LogP contribution in [0.1, 0.15) is 63.6 Å². The van der Waals surface area contributed by atoms with Crippen LogP contribution in [0.4, 0.5) is 8.78 Å². The summed E-state index contributed by atoms with van der Waals surface area (Å²) < 4.78 is 41.3. The molecule has 1 heterocycles. The van der Waals surface area contributed by atoms with Gasteiger partial charge in [-0.25, -0.2) is 8.78 Å². The topological polar surface area (TPSA) is 50.1 Å². The van der Waals surface area contributed by atoms with Crippen LogP contribution in [0.5, 0.6) is 0 Å². The van der Waals surface area contributed by atoms with Crippen molar-refractivity contribution in [3.63, 3.8) is 0 Å². The summed E-state index contributed by atoms with van der Waals surface area (Å²) in [6.45, 7) is 6.52. The van der Waals surface area contributed by atoms with Crippen LogP contribution in [0.2, 0.25) is 0 Å². The van der Waals surface area contributed by atoms with Gasteiger partial charge in [0.05, 0.1) is 17.7 Å². The van der Waals surface area contributed by atoms with E-state index >= 15 is 0 Å². The fourth-order valence-corrected chi connectivity index (χ4v) is 5.49. The van der Waals surface area contributed by atoms with E-state index < -0.39 is 17.3 Å². The van der Waals surface area contributed by atoms with E-state index in [0.29, 0.717) is 12.1 Å². The molecular weight excluding hydrogens is 354 g/mol. The number of rotatable bonds is 3. The highest BCUT2D eigenvalue weighted by Gasteiger charge is 2.51. The monoisotopic (exact) mass is 380 g/mol. The Balaban J connectivity index is 1.82. The maximum Gasteiger partial charge on any atom is 0.248 e. The first kappa shape index (κ1) is 19.6. The number of halogens is 2. The van der Waals surface area contributed by atoms with Gasteiger partial charge < -0.3 is 4.55 Å². The maximum absolute atomic E-state index is 13.3. The van der Waals surface area contributed by atoms with Gasteiger partial charge in [-0.15, -0.1) is 4.31 Å². The van der Waals surface area contributed by atoms with Gasteiger partial charge in [0.25, 0.3) is 0 Å². The lowest BCUT2D eigenvalue weighted by molar-refractivity contribution is -0.132. The predicted molar refractivity (Wildman–Crippen MR) is 98.9 cm³/mol. The van der Waals surface area contributed by atoms with E-state index in [4.69, 9.17) is 5.26 Å². The molecule has 3 atom stereocenters. The average Bonchev–Trinajstić information content (AvgIpc) is 2.57. The molecule has 0 bridgehead atoms. The standard InChI is InChI=1S/C20H26F2N2OS/c1-19(2,3)26(25)24-9-8-16(17-11-20(21,22)12-17)10-18(24)15-6-4-14(13-23)5-7-15/h4-7,16-18H,8-12H2,1-3H3. The summed E-state index contributed by atoms with van der Waals surface area (Å²) in [7, 11) is 0. The molecule has 0 amide bonds. The largest absolute Gasteiger partial charge is 0.597 e. The van der Waals surface area contributed by atoms with E-state index in [-0.39, 0.29) is 35.5 Å². The third-order valence-electron chi connectivity index (χ3n) is 5.54. The second-order valence-corrected chi connectivity index (χ2v) is 10.8. The normalized spacial score (nSPS) is 28.2. The van der Waals surface area contributed by atoms with E-state index in [0.717, 1.165) is 18.4 Å². The van der Waals surface area contributed by atoms with Crippen molar-refractivity contribution in [2.24, 2.45) is 11.8 Å². The Bertz CT molecular complexity index is 673. The molecule has 2 fully saturated rings. The summed E-state index contributed by atoms with van der Waals surface area (Å²) >= 11 is -1.17. The highest BCUT2D eigenvalue weighted by atomic mass is 32.2. The smallest absolute Gasteiger partial charge is 0.248 e. The van der Waals surface area contributed by atoms with E-state index in [1.54, 1.807) is 12.1 Å². The molecule has 1 aliphatic heterocycles. The third-order valence-corrected chi connectivity index (χ3v) is 7.45. The predicted octanol–water partition coefficient (Wildman–Crippen LogP) is 4.82. The second-order valence-electron chi connectivity index (χ2n) is 8.56. The van der Waals surface area contributed by atoms with Crippen molar-refractivity contribution in [3.8, 4) is 6.07 Å². The zero-order chi connectivity index (χ0) is 19.1. The van der Waals surface area contributed by atoms with Crippen molar-refractivity contribution in [3.05, 3.63) is 35.4 Å². The first-order chi connectivity index (χ1) is 12.1. The van der Waals surface area contributed by atoms with Crippen molar-refractivity contribution in [1.82, 2.24) is 4.31 Å². The Labute approximate surface area is 157 Å². The van der Waals surface area contributed by atoms with Crippen LogP contribution in [-0.4, -0.2) is 26.1 Å². The molecule has 1 aliphatic carbocycles. The van der Waals surface area contributed by atoms with Crippen LogP contribution in [0.15, 0.2) is 24.3 Å². The number of nitriles is 1. The fraction of sp³-hybridized carbons (Fsp3) is 0.650. The molecule has 3 nitrogen and oxygen atoms in total. The molecule has 0 spiro atoms. The Morgan fingerprint density at radius 3 is 2.31 bits per heavy atom. The minimum Gasteiger partial charge on any atom is -0.597 e. The number of alkyl halides is 2. The summed E-state index contributed by atoms with van der Waals surface area (Å²) in [4.78, 5) is 0. The van der Waals surface area contributed by atoms with Gasteiger partial charge >= 0.3 is 0 Å². The molecule has 3 unspecified atom stereocenters. The lowest BCUT2D eigenvalue weighted by atomic mass is 9.68. The molecule has 1 saturated carbocycles. The average molecular weight is 381 g/mol. The van der Waals surface area contributed by atoms with Crippen LogP contribution >= 0.6 is 0 Å². The van der Waals surface area contributed by atoms with Crippen LogP contribution in [0.25, 0.3) is 0 Å². The van der Waals surface area contributed by atoms with Gasteiger partial charge in [0.15, 0.2) is 0 Å². The Morgan fingerprint density at radius 2 is 1.81 bits per heavy atom. The molecule has 26 heavy (non-hydrogen) atoms. The molecule has 1 saturated heterocycles. The summed E-state index contributed by atoms with van der Waals surface area (Å²) in [6, 6.07) is 9.42. The molecule has 1 aromatic rings.